The topological polar surface area (TPSA) is 66.4 Å². The van der Waals surface area contributed by atoms with Crippen LogP contribution in [0.1, 0.15) is 45.1 Å². The van der Waals surface area contributed by atoms with Crippen molar-refractivity contribution in [2.24, 2.45) is 17.8 Å². The maximum atomic E-state index is 12.6. The Kier molecular flexibility index (Phi) is 6.15. The number of amides is 1. The van der Waals surface area contributed by atoms with E-state index in [1.165, 1.54) is 0 Å². The molecule has 2 aromatic rings. The second-order valence-electron chi connectivity index (χ2n) is 8.14. The first-order valence-electron chi connectivity index (χ1n) is 9.95. The molecule has 1 fully saturated rings. The third-order valence-corrected chi connectivity index (χ3v) is 5.95. The van der Waals surface area contributed by atoms with Crippen LogP contribution in [-0.4, -0.2) is 23.0 Å². The van der Waals surface area contributed by atoms with Crippen LogP contribution in [0.2, 0.25) is 0 Å². The molecule has 1 aliphatic carbocycles. The molecule has 2 aromatic carbocycles. The predicted molar refractivity (Wildman–Crippen MR) is 108 cm³/mol. The standard InChI is InChI=1S/C23H29NO3/c1-15(2)17-9-11-19(12-10-17)22(25)24-21(23(26)27)14-16-7-8-18-5-3-4-6-20(18)13-16/h3-8,13,15,17,19,21H,9-12,14H2,1-2H3,(H,24,25)(H,26,27). The van der Waals surface area contributed by atoms with Crippen LogP contribution in [0, 0.1) is 17.8 Å². The van der Waals surface area contributed by atoms with Crippen LogP contribution in [0.5, 0.6) is 0 Å². The molecule has 0 saturated heterocycles. The van der Waals surface area contributed by atoms with Crippen molar-refractivity contribution < 1.29 is 14.7 Å². The first-order chi connectivity index (χ1) is 12.9. The second kappa shape index (κ2) is 8.55. The minimum Gasteiger partial charge on any atom is -0.480 e. The number of aliphatic carboxylic acids is 1. The van der Waals surface area contributed by atoms with Gasteiger partial charge in [-0.1, -0.05) is 56.3 Å². The van der Waals surface area contributed by atoms with Crippen molar-refractivity contribution in [2.45, 2.75) is 52.0 Å². The fourth-order valence-corrected chi connectivity index (χ4v) is 4.14. The fraction of sp³-hybridized carbons (Fsp3) is 0.478. The Hall–Kier alpha value is -2.36. The van der Waals surface area contributed by atoms with E-state index < -0.39 is 12.0 Å². The Bertz CT molecular complexity index is 806. The third-order valence-electron chi connectivity index (χ3n) is 5.95. The predicted octanol–water partition coefficient (Wildman–Crippen LogP) is 4.41. The summed E-state index contributed by atoms with van der Waals surface area (Å²) in [5.41, 5.74) is 0.921. The summed E-state index contributed by atoms with van der Waals surface area (Å²) in [6, 6.07) is 13.1. The third kappa shape index (κ3) is 4.88. The highest BCUT2D eigenvalue weighted by Crippen LogP contribution is 2.33. The van der Waals surface area contributed by atoms with E-state index in [1.54, 1.807) is 0 Å². The fourth-order valence-electron chi connectivity index (χ4n) is 4.14. The van der Waals surface area contributed by atoms with E-state index in [0.717, 1.165) is 42.0 Å². The molecule has 0 spiro atoms. The van der Waals surface area contributed by atoms with E-state index >= 15 is 0 Å². The molecule has 0 heterocycles. The van der Waals surface area contributed by atoms with Gasteiger partial charge in [-0.2, -0.15) is 0 Å². The molecule has 4 heteroatoms. The van der Waals surface area contributed by atoms with Crippen LogP contribution in [0.25, 0.3) is 10.8 Å². The lowest BCUT2D eigenvalue weighted by atomic mass is 9.76. The molecule has 1 aliphatic rings. The van der Waals surface area contributed by atoms with Crippen LogP contribution in [0.15, 0.2) is 42.5 Å². The molecule has 0 aliphatic heterocycles. The summed E-state index contributed by atoms with van der Waals surface area (Å²) in [6.45, 7) is 4.46. The smallest absolute Gasteiger partial charge is 0.326 e. The van der Waals surface area contributed by atoms with Gasteiger partial charge < -0.3 is 10.4 Å². The van der Waals surface area contributed by atoms with Gasteiger partial charge >= 0.3 is 5.97 Å². The average Bonchev–Trinajstić information content (AvgIpc) is 2.67. The number of nitrogens with one attached hydrogen (secondary N) is 1. The molecule has 4 nitrogen and oxygen atoms in total. The summed E-state index contributed by atoms with van der Waals surface area (Å²) in [5.74, 6) is 0.187. The van der Waals surface area contributed by atoms with Gasteiger partial charge in [0.05, 0.1) is 0 Å². The lowest BCUT2D eigenvalue weighted by molar-refractivity contribution is -0.142. The molecule has 27 heavy (non-hydrogen) atoms. The van der Waals surface area contributed by atoms with Crippen molar-refractivity contribution in [3.8, 4) is 0 Å². The van der Waals surface area contributed by atoms with Crippen LogP contribution >= 0.6 is 0 Å². The second-order valence-corrected chi connectivity index (χ2v) is 8.14. The van der Waals surface area contributed by atoms with Gasteiger partial charge in [0, 0.05) is 12.3 Å². The number of benzene rings is 2. The molecule has 144 valence electrons. The van der Waals surface area contributed by atoms with Crippen LogP contribution in [0.4, 0.5) is 0 Å². The van der Waals surface area contributed by atoms with Gasteiger partial charge in [0.2, 0.25) is 5.91 Å². The van der Waals surface area contributed by atoms with E-state index in [4.69, 9.17) is 0 Å². The SMILES string of the molecule is CC(C)C1CCC(C(=O)NC(Cc2ccc3ccccc3c2)C(=O)O)CC1. The molecule has 0 bridgehead atoms. The zero-order valence-corrected chi connectivity index (χ0v) is 16.2. The Morgan fingerprint density at radius 2 is 1.70 bits per heavy atom. The van der Waals surface area contributed by atoms with Gasteiger partial charge in [-0.15, -0.1) is 0 Å². The number of hydrogen-bond donors (Lipinski definition) is 2. The molecule has 2 N–H and O–H groups in total. The van der Waals surface area contributed by atoms with Gasteiger partial charge in [0.15, 0.2) is 0 Å². The Balaban J connectivity index is 1.63. The zero-order chi connectivity index (χ0) is 19.4. The lowest BCUT2D eigenvalue weighted by Gasteiger charge is -2.30. The first-order valence-corrected chi connectivity index (χ1v) is 9.95. The quantitative estimate of drug-likeness (QED) is 0.794. The number of carboxylic acid groups (broad SMARTS) is 1. The van der Waals surface area contributed by atoms with Crippen LogP contribution < -0.4 is 5.32 Å². The maximum Gasteiger partial charge on any atom is 0.326 e. The van der Waals surface area contributed by atoms with E-state index in [-0.39, 0.29) is 11.8 Å². The molecule has 0 aromatic heterocycles. The van der Waals surface area contributed by atoms with Crippen LogP contribution in [-0.2, 0) is 16.0 Å². The largest absolute Gasteiger partial charge is 0.480 e. The van der Waals surface area contributed by atoms with E-state index in [1.807, 2.05) is 42.5 Å². The summed E-state index contributed by atoms with van der Waals surface area (Å²) in [6.07, 6.45) is 4.12. The van der Waals surface area contributed by atoms with E-state index in [2.05, 4.69) is 19.2 Å². The Labute approximate surface area is 161 Å². The lowest BCUT2D eigenvalue weighted by Crippen LogP contribution is -2.45. The summed E-state index contributed by atoms with van der Waals surface area (Å²) in [4.78, 5) is 24.3. The van der Waals surface area contributed by atoms with Gasteiger partial charge in [0.25, 0.3) is 0 Å². The highest BCUT2D eigenvalue weighted by Gasteiger charge is 2.30. The summed E-state index contributed by atoms with van der Waals surface area (Å²) >= 11 is 0. The number of hydrogen-bond acceptors (Lipinski definition) is 2. The number of carboxylic acids is 1. The van der Waals surface area contributed by atoms with E-state index in [9.17, 15) is 14.7 Å². The Morgan fingerprint density at radius 3 is 2.33 bits per heavy atom. The average molecular weight is 367 g/mol. The normalized spacial score (nSPS) is 21.1. The molecule has 0 radical (unpaired) electrons. The summed E-state index contributed by atoms with van der Waals surface area (Å²) in [5, 5.41) is 14.6. The molecule has 1 saturated carbocycles. The summed E-state index contributed by atoms with van der Waals surface area (Å²) < 4.78 is 0. The van der Waals surface area contributed by atoms with Gasteiger partial charge in [0.1, 0.15) is 6.04 Å². The van der Waals surface area contributed by atoms with Crippen LogP contribution in [0.3, 0.4) is 0 Å². The zero-order valence-electron chi connectivity index (χ0n) is 16.2. The van der Waals surface area contributed by atoms with Crippen molar-refractivity contribution in [3.05, 3.63) is 48.0 Å². The Morgan fingerprint density at radius 1 is 1.04 bits per heavy atom. The number of carbonyl (C=O) groups excluding carboxylic acids is 1. The molecule has 1 atom stereocenters. The van der Waals surface area contributed by atoms with Crippen molar-refractivity contribution >= 4 is 22.6 Å². The minimum absolute atomic E-state index is 0.0570. The van der Waals surface area contributed by atoms with Crippen molar-refractivity contribution in [1.82, 2.24) is 5.32 Å². The maximum absolute atomic E-state index is 12.6. The molecule has 3 rings (SSSR count). The molecular formula is C23H29NO3. The minimum atomic E-state index is -0.979. The number of carbonyl (C=O) groups is 2. The molecule has 1 amide bonds. The molecular weight excluding hydrogens is 338 g/mol. The van der Waals surface area contributed by atoms with Crippen molar-refractivity contribution in [1.29, 1.82) is 0 Å². The first kappa shape index (κ1) is 19.4. The highest BCUT2D eigenvalue weighted by molar-refractivity contribution is 5.86. The van der Waals surface area contributed by atoms with Crippen molar-refractivity contribution in [3.63, 3.8) is 0 Å². The molecule has 1 unspecified atom stereocenters. The van der Waals surface area contributed by atoms with Gasteiger partial charge in [-0.25, -0.2) is 4.79 Å². The van der Waals surface area contributed by atoms with E-state index in [0.29, 0.717) is 18.3 Å². The highest BCUT2D eigenvalue weighted by atomic mass is 16.4. The number of fused-ring (bicyclic) bond motifs is 1. The number of rotatable bonds is 6. The van der Waals surface area contributed by atoms with Crippen molar-refractivity contribution in [2.75, 3.05) is 0 Å². The van der Waals surface area contributed by atoms with Gasteiger partial charge in [-0.3, -0.25) is 4.79 Å². The van der Waals surface area contributed by atoms with Gasteiger partial charge in [-0.05, 0) is 53.9 Å². The summed E-state index contributed by atoms with van der Waals surface area (Å²) in [7, 11) is 0. The monoisotopic (exact) mass is 367 g/mol.